The Morgan fingerprint density at radius 2 is 2.33 bits per heavy atom. The maximum Gasteiger partial charge on any atom is 0.239 e. The van der Waals surface area contributed by atoms with Crippen molar-refractivity contribution in [2.45, 2.75) is 39.3 Å². The lowest BCUT2D eigenvalue weighted by molar-refractivity contribution is -0.141. The molecular weight excluding hydrogens is 294 g/mol. The third kappa shape index (κ3) is 4.15. The first-order valence-electron chi connectivity index (χ1n) is 7.07. The third-order valence-corrected chi connectivity index (χ3v) is 3.82. The van der Waals surface area contributed by atoms with Crippen molar-refractivity contribution in [2.24, 2.45) is 11.7 Å². The molecule has 8 heteroatoms. The predicted octanol–water partition coefficient (Wildman–Crippen LogP) is 0.808. The van der Waals surface area contributed by atoms with Gasteiger partial charge in [-0.3, -0.25) is 9.89 Å². The molecule has 1 aromatic heterocycles. The zero-order chi connectivity index (χ0) is 14.7. The van der Waals surface area contributed by atoms with E-state index in [0.717, 1.165) is 12.2 Å². The maximum atomic E-state index is 12.4. The molecule has 21 heavy (non-hydrogen) atoms. The predicted molar refractivity (Wildman–Crippen MR) is 81.1 cm³/mol. The summed E-state index contributed by atoms with van der Waals surface area (Å²) in [7, 11) is 0. The Kier molecular flexibility index (Phi) is 6.57. The number of nitrogens with two attached hydrogens (primary N) is 1. The Bertz CT molecular complexity index is 467. The number of carbonyl (C=O) groups excluding carboxylic acids is 1. The van der Waals surface area contributed by atoms with Crippen molar-refractivity contribution in [3.05, 3.63) is 11.6 Å². The van der Waals surface area contributed by atoms with Crippen molar-refractivity contribution in [3.63, 3.8) is 0 Å². The number of halogens is 1. The Labute approximate surface area is 131 Å². The molecule has 1 amide bonds. The number of hydrogen-bond acceptors (Lipinski definition) is 5. The molecule has 0 bridgehead atoms. The second-order valence-electron chi connectivity index (χ2n) is 5.33. The Balaban J connectivity index is 0.00000220. The van der Waals surface area contributed by atoms with Gasteiger partial charge in [-0.1, -0.05) is 20.3 Å². The minimum atomic E-state index is -0.451. The van der Waals surface area contributed by atoms with Gasteiger partial charge in [0.1, 0.15) is 11.9 Å². The fourth-order valence-electron chi connectivity index (χ4n) is 2.22. The number of amides is 1. The first-order valence-corrected chi connectivity index (χ1v) is 7.07. The normalized spacial score (nSPS) is 21.5. The molecule has 7 nitrogen and oxygen atoms in total. The fraction of sp³-hybridized carbons (Fsp3) is 0.769. The van der Waals surface area contributed by atoms with Crippen LogP contribution in [0.25, 0.3) is 0 Å². The van der Waals surface area contributed by atoms with Gasteiger partial charge in [-0.25, -0.2) is 4.98 Å². The van der Waals surface area contributed by atoms with E-state index in [0.29, 0.717) is 25.5 Å². The second-order valence-corrected chi connectivity index (χ2v) is 5.33. The molecule has 0 aliphatic carbocycles. The van der Waals surface area contributed by atoms with Gasteiger partial charge in [0.25, 0.3) is 0 Å². The smallest absolute Gasteiger partial charge is 0.239 e. The number of carbonyl (C=O) groups is 1. The van der Waals surface area contributed by atoms with Crippen LogP contribution in [0, 0.1) is 12.8 Å². The number of rotatable bonds is 4. The molecule has 3 N–H and O–H groups in total. The van der Waals surface area contributed by atoms with E-state index in [9.17, 15) is 4.79 Å². The number of nitrogens with zero attached hydrogens (tertiary/aromatic N) is 3. The first kappa shape index (κ1) is 17.9. The quantitative estimate of drug-likeness (QED) is 0.856. The number of aryl methyl sites for hydroxylation is 1. The summed E-state index contributed by atoms with van der Waals surface area (Å²) in [4.78, 5) is 18.4. The van der Waals surface area contributed by atoms with E-state index < -0.39 is 6.04 Å². The molecule has 0 spiro atoms. The average Bonchev–Trinajstić information content (AvgIpc) is 2.91. The lowest BCUT2D eigenvalue weighted by Gasteiger charge is -2.34. The van der Waals surface area contributed by atoms with Gasteiger partial charge in [0, 0.05) is 6.54 Å². The zero-order valence-corrected chi connectivity index (χ0v) is 13.5. The highest BCUT2D eigenvalue weighted by atomic mass is 35.5. The van der Waals surface area contributed by atoms with E-state index in [4.69, 9.17) is 10.5 Å². The molecule has 0 radical (unpaired) electrons. The van der Waals surface area contributed by atoms with Gasteiger partial charge in [0.2, 0.25) is 5.91 Å². The van der Waals surface area contributed by atoms with Crippen molar-refractivity contribution >= 4 is 18.3 Å². The van der Waals surface area contributed by atoms with E-state index in [1.165, 1.54) is 0 Å². The summed E-state index contributed by atoms with van der Waals surface area (Å²) in [5.74, 6) is 1.50. The monoisotopic (exact) mass is 317 g/mol. The fourth-order valence-corrected chi connectivity index (χ4v) is 2.22. The molecule has 1 fully saturated rings. The molecule has 2 heterocycles. The molecule has 0 saturated carbocycles. The molecule has 3 atom stereocenters. The van der Waals surface area contributed by atoms with Gasteiger partial charge < -0.3 is 15.4 Å². The molecule has 1 aliphatic heterocycles. The van der Waals surface area contributed by atoms with Crippen molar-refractivity contribution < 1.29 is 9.53 Å². The van der Waals surface area contributed by atoms with Gasteiger partial charge in [0.05, 0.1) is 19.2 Å². The first-order chi connectivity index (χ1) is 9.52. The number of H-pyrrole nitrogens is 1. The van der Waals surface area contributed by atoms with Gasteiger partial charge in [-0.05, 0) is 12.8 Å². The summed E-state index contributed by atoms with van der Waals surface area (Å²) >= 11 is 0. The number of nitrogens with one attached hydrogen (secondary N) is 1. The molecule has 3 unspecified atom stereocenters. The third-order valence-electron chi connectivity index (χ3n) is 3.82. The van der Waals surface area contributed by atoms with Crippen molar-refractivity contribution in [3.8, 4) is 0 Å². The summed E-state index contributed by atoms with van der Waals surface area (Å²) in [5.41, 5.74) is 6.02. The van der Waals surface area contributed by atoms with Gasteiger partial charge >= 0.3 is 0 Å². The largest absolute Gasteiger partial charge is 0.366 e. The molecule has 1 aromatic rings. The summed E-state index contributed by atoms with van der Waals surface area (Å²) in [6.07, 6.45) is 0.614. The van der Waals surface area contributed by atoms with E-state index in [1.54, 1.807) is 4.90 Å². The van der Waals surface area contributed by atoms with Crippen LogP contribution in [0.5, 0.6) is 0 Å². The molecule has 0 aromatic carbocycles. The summed E-state index contributed by atoms with van der Waals surface area (Å²) < 4.78 is 5.64. The van der Waals surface area contributed by atoms with Gasteiger partial charge in [-0.15, -0.1) is 12.4 Å². The Morgan fingerprint density at radius 3 is 2.90 bits per heavy atom. The van der Waals surface area contributed by atoms with Crippen molar-refractivity contribution in [1.82, 2.24) is 20.1 Å². The van der Waals surface area contributed by atoms with Crippen LogP contribution in [0.3, 0.4) is 0 Å². The van der Waals surface area contributed by atoms with Gasteiger partial charge in [-0.2, -0.15) is 5.10 Å². The van der Waals surface area contributed by atoms with Crippen LogP contribution < -0.4 is 5.73 Å². The molecule has 2 rings (SSSR count). The SMILES string of the molecule is CCC(C)C(N)C(=O)N1CCOC(c2n[nH]c(C)n2)C1.Cl. The zero-order valence-electron chi connectivity index (χ0n) is 12.7. The van der Waals surface area contributed by atoms with Crippen LogP contribution in [0.1, 0.15) is 38.0 Å². The molecule has 120 valence electrons. The van der Waals surface area contributed by atoms with E-state index in [1.807, 2.05) is 20.8 Å². The van der Waals surface area contributed by atoms with Crippen LogP contribution >= 0.6 is 12.4 Å². The van der Waals surface area contributed by atoms with Crippen LogP contribution in [-0.4, -0.2) is 51.7 Å². The number of aromatic amines is 1. The van der Waals surface area contributed by atoms with E-state index in [2.05, 4.69) is 15.2 Å². The molecule has 1 saturated heterocycles. The highest BCUT2D eigenvalue weighted by Crippen LogP contribution is 2.20. The summed E-state index contributed by atoms with van der Waals surface area (Å²) in [5, 5.41) is 6.89. The van der Waals surface area contributed by atoms with Crippen LogP contribution in [-0.2, 0) is 9.53 Å². The lowest BCUT2D eigenvalue weighted by atomic mass is 9.98. The van der Waals surface area contributed by atoms with Crippen LogP contribution in [0.4, 0.5) is 0 Å². The van der Waals surface area contributed by atoms with Crippen LogP contribution in [0.15, 0.2) is 0 Å². The second kappa shape index (κ2) is 7.72. The minimum Gasteiger partial charge on any atom is -0.366 e. The highest BCUT2D eigenvalue weighted by molar-refractivity contribution is 5.85. The van der Waals surface area contributed by atoms with Gasteiger partial charge in [0.15, 0.2) is 5.82 Å². The molecular formula is C13H24ClN5O2. The minimum absolute atomic E-state index is 0. The topological polar surface area (TPSA) is 97.1 Å². The van der Waals surface area contributed by atoms with Crippen molar-refractivity contribution in [2.75, 3.05) is 19.7 Å². The average molecular weight is 318 g/mol. The molecule has 1 aliphatic rings. The summed E-state index contributed by atoms with van der Waals surface area (Å²) in [6, 6.07) is -0.451. The maximum absolute atomic E-state index is 12.4. The van der Waals surface area contributed by atoms with Crippen LogP contribution in [0.2, 0.25) is 0 Å². The highest BCUT2D eigenvalue weighted by Gasteiger charge is 2.31. The standard InChI is InChI=1S/C13H23N5O2.ClH/c1-4-8(2)11(14)13(19)18-5-6-20-10(7-18)12-15-9(3)16-17-12;/h8,10-11H,4-7,14H2,1-3H3,(H,15,16,17);1H. The number of ether oxygens (including phenoxy) is 1. The summed E-state index contributed by atoms with van der Waals surface area (Å²) in [6.45, 7) is 7.39. The Hall–Kier alpha value is -1.18. The lowest BCUT2D eigenvalue weighted by Crippen LogP contribution is -2.51. The number of morpholine rings is 1. The van der Waals surface area contributed by atoms with E-state index >= 15 is 0 Å². The number of hydrogen-bond donors (Lipinski definition) is 2. The van der Waals surface area contributed by atoms with E-state index in [-0.39, 0.29) is 30.3 Å². The van der Waals surface area contributed by atoms with Crippen molar-refractivity contribution in [1.29, 1.82) is 0 Å². The Morgan fingerprint density at radius 1 is 1.62 bits per heavy atom. The number of aromatic nitrogens is 3.